The van der Waals surface area contributed by atoms with Gasteiger partial charge in [-0.15, -0.1) is 24.0 Å². The van der Waals surface area contributed by atoms with Gasteiger partial charge in [-0.2, -0.15) is 0 Å². The Morgan fingerprint density at radius 3 is 2.64 bits per heavy atom. The van der Waals surface area contributed by atoms with Crippen LogP contribution in [0.25, 0.3) is 0 Å². The number of piperidine rings is 1. The standard InChI is InChI=1S/C19H29N3O2.HI/c1-2-20-19(22-11-8-17(23)9-12-22)21-14-16-10-13-24-18(16)15-6-4-3-5-7-15;/h3-7,16-18,23H,2,8-14H2,1H3,(H,20,21);1H. The lowest BCUT2D eigenvalue weighted by Gasteiger charge is -2.32. The number of aliphatic hydroxyl groups is 1. The summed E-state index contributed by atoms with van der Waals surface area (Å²) in [7, 11) is 0. The van der Waals surface area contributed by atoms with E-state index < -0.39 is 0 Å². The van der Waals surface area contributed by atoms with Gasteiger partial charge in [0, 0.05) is 38.7 Å². The van der Waals surface area contributed by atoms with Crippen molar-refractivity contribution in [2.75, 3.05) is 32.8 Å². The Balaban J connectivity index is 0.00000225. The van der Waals surface area contributed by atoms with Gasteiger partial charge in [-0.1, -0.05) is 30.3 Å². The number of nitrogens with zero attached hydrogens (tertiary/aromatic N) is 2. The molecule has 0 aromatic heterocycles. The molecule has 1 aromatic rings. The van der Waals surface area contributed by atoms with Crippen LogP contribution >= 0.6 is 24.0 Å². The van der Waals surface area contributed by atoms with Gasteiger partial charge in [0.15, 0.2) is 5.96 Å². The topological polar surface area (TPSA) is 57.1 Å². The number of likely N-dealkylation sites (tertiary alicyclic amines) is 1. The summed E-state index contributed by atoms with van der Waals surface area (Å²) < 4.78 is 5.97. The van der Waals surface area contributed by atoms with Crippen LogP contribution in [0.2, 0.25) is 0 Å². The zero-order valence-electron chi connectivity index (χ0n) is 14.9. The summed E-state index contributed by atoms with van der Waals surface area (Å²) in [6.07, 6.45) is 2.70. The van der Waals surface area contributed by atoms with Crippen molar-refractivity contribution in [3.8, 4) is 0 Å². The highest BCUT2D eigenvalue weighted by Gasteiger charge is 2.29. The fraction of sp³-hybridized carbons (Fsp3) is 0.632. The largest absolute Gasteiger partial charge is 0.393 e. The van der Waals surface area contributed by atoms with Gasteiger partial charge in [-0.25, -0.2) is 0 Å². The smallest absolute Gasteiger partial charge is 0.193 e. The summed E-state index contributed by atoms with van der Waals surface area (Å²) in [6.45, 7) is 6.29. The normalized spacial score (nSPS) is 24.9. The van der Waals surface area contributed by atoms with Crippen molar-refractivity contribution in [3.05, 3.63) is 35.9 Å². The summed E-state index contributed by atoms with van der Waals surface area (Å²) >= 11 is 0. The SMILES string of the molecule is CCNC(=NCC1CCOC1c1ccccc1)N1CCC(O)CC1.I. The molecule has 0 amide bonds. The van der Waals surface area contributed by atoms with Crippen molar-refractivity contribution < 1.29 is 9.84 Å². The van der Waals surface area contributed by atoms with E-state index in [1.165, 1.54) is 5.56 Å². The molecule has 2 heterocycles. The van der Waals surface area contributed by atoms with Crippen LogP contribution in [0, 0.1) is 5.92 Å². The van der Waals surface area contributed by atoms with Crippen LogP contribution in [0.3, 0.4) is 0 Å². The molecule has 6 heteroatoms. The second-order valence-corrected chi connectivity index (χ2v) is 6.66. The molecule has 2 atom stereocenters. The summed E-state index contributed by atoms with van der Waals surface area (Å²) in [6, 6.07) is 10.5. The number of aliphatic hydroxyl groups excluding tert-OH is 1. The monoisotopic (exact) mass is 459 g/mol. The number of guanidine groups is 1. The number of hydrogen-bond acceptors (Lipinski definition) is 3. The van der Waals surface area contributed by atoms with E-state index in [1.807, 2.05) is 6.07 Å². The number of halogens is 1. The van der Waals surface area contributed by atoms with Crippen LogP contribution in [0.4, 0.5) is 0 Å². The highest BCUT2D eigenvalue weighted by Crippen LogP contribution is 2.34. The lowest BCUT2D eigenvalue weighted by Crippen LogP contribution is -2.46. The molecule has 0 bridgehead atoms. The molecular formula is C19H30IN3O2. The Labute approximate surface area is 167 Å². The maximum Gasteiger partial charge on any atom is 0.193 e. The summed E-state index contributed by atoms with van der Waals surface area (Å²) in [5.41, 5.74) is 1.25. The third-order valence-corrected chi connectivity index (χ3v) is 4.92. The maximum absolute atomic E-state index is 9.70. The Bertz CT molecular complexity index is 533. The lowest BCUT2D eigenvalue weighted by atomic mass is 9.95. The number of nitrogens with one attached hydrogen (secondary N) is 1. The molecule has 5 nitrogen and oxygen atoms in total. The molecule has 25 heavy (non-hydrogen) atoms. The molecule has 0 spiro atoms. The predicted molar refractivity (Wildman–Crippen MR) is 111 cm³/mol. The fourth-order valence-corrected chi connectivity index (χ4v) is 3.54. The van der Waals surface area contributed by atoms with Gasteiger partial charge in [0.2, 0.25) is 0 Å². The van der Waals surface area contributed by atoms with Gasteiger partial charge in [0.05, 0.1) is 12.2 Å². The number of aliphatic imine (C=N–C) groups is 1. The second kappa shape index (κ2) is 10.3. The van der Waals surface area contributed by atoms with E-state index in [9.17, 15) is 5.11 Å². The van der Waals surface area contributed by atoms with Crippen LogP contribution in [0.15, 0.2) is 35.3 Å². The minimum atomic E-state index is -0.158. The van der Waals surface area contributed by atoms with Crippen molar-refractivity contribution in [1.29, 1.82) is 0 Å². The molecule has 1 aromatic carbocycles. The van der Waals surface area contributed by atoms with Crippen LogP contribution < -0.4 is 5.32 Å². The van der Waals surface area contributed by atoms with Gasteiger partial charge >= 0.3 is 0 Å². The average Bonchev–Trinajstić information content (AvgIpc) is 3.09. The molecule has 3 rings (SSSR count). The number of benzene rings is 1. The third kappa shape index (κ3) is 5.56. The first-order valence-electron chi connectivity index (χ1n) is 9.15. The van der Waals surface area contributed by atoms with Gasteiger partial charge in [0.1, 0.15) is 0 Å². The Hall–Kier alpha value is -0.860. The second-order valence-electron chi connectivity index (χ2n) is 6.66. The molecular weight excluding hydrogens is 429 g/mol. The Morgan fingerprint density at radius 1 is 1.24 bits per heavy atom. The van der Waals surface area contributed by atoms with Crippen molar-refractivity contribution in [3.63, 3.8) is 0 Å². The zero-order chi connectivity index (χ0) is 16.8. The van der Waals surface area contributed by atoms with Gasteiger partial charge < -0.3 is 20.1 Å². The Morgan fingerprint density at radius 2 is 1.96 bits per heavy atom. The van der Waals surface area contributed by atoms with E-state index in [1.54, 1.807) is 0 Å². The van der Waals surface area contributed by atoms with Crippen LogP contribution in [-0.2, 0) is 4.74 Å². The summed E-state index contributed by atoms with van der Waals surface area (Å²) in [4.78, 5) is 7.16. The van der Waals surface area contributed by atoms with Crippen LogP contribution in [-0.4, -0.2) is 54.9 Å². The molecule has 2 fully saturated rings. The van der Waals surface area contributed by atoms with Crippen molar-refractivity contribution >= 4 is 29.9 Å². The van der Waals surface area contributed by atoms with Crippen LogP contribution in [0.5, 0.6) is 0 Å². The molecule has 2 saturated heterocycles. The molecule has 0 aliphatic carbocycles. The number of ether oxygens (including phenoxy) is 1. The third-order valence-electron chi connectivity index (χ3n) is 4.92. The predicted octanol–water partition coefficient (Wildman–Crippen LogP) is 2.80. The fourth-order valence-electron chi connectivity index (χ4n) is 3.54. The van der Waals surface area contributed by atoms with Gasteiger partial charge in [0.25, 0.3) is 0 Å². The minimum Gasteiger partial charge on any atom is -0.393 e. The molecule has 2 unspecified atom stereocenters. The quantitative estimate of drug-likeness (QED) is 0.413. The van der Waals surface area contributed by atoms with Crippen molar-refractivity contribution in [2.24, 2.45) is 10.9 Å². The van der Waals surface area contributed by atoms with Gasteiger partial charge in [-0.05, 0) is 31.7 Å². The highest BCUT2D eigenvalue weighted by atomic mass is 127. The highest BCUT2D eigenvalue weighted by molar-refractivity contribution is 14.0. The van der Waals surface area contributed by atoms with Gasteiger partial charge in [-0.3, -0.25) is 4.99 Å². The zero-order valence-corrected chi connectivity index (χ0v) is 17.3. The molecule has 2 N–H and O–H groups in total. The van der Waals surface area contributed by atoms with E-state index in [0.29, 0.717) is 5.92 Å². The van der Waals surface area contributed by atoms with E-state index in [-0.39, 0.29) is 36.2 Å². The average molecular weight is 459 g/mol. The first-order valence-corrected chi connectivity index (χ1v) is 9.15. The van der Waals surface area contributed by atoms with E-state index in [2.05, 4.69) is 41.4 Å². The summed E-state index contributed by atoms with van der Waals surface area (Å²) in [5.74, 6) is 1.40. The van der Waals surface area contributed by atoms with E-state index in [0.717, 1.165) is 58.0 Å². The summed E-state index contributed by atoms with van der Waals surface area (Å²) in [5, 5.41) is 13.1. The van der Waals surface area contributed by atoms with E-state index in [4.69, 9.17) is 9.73 Å². The molecule has 0 saturated carbocycles. The first-order chi connectivity index (χ1) is 11.8. The first kappa shape index (κ1) is 20.5. The maximum atomic E-state index is 9.70. The Kier molecular flexibility index (Phi) is 8.45. The molecule has 140 valence electrons. The van der Waals surface area contributed by atoms with Crippen LogP contribution in [0.1, 0.15) is 37.9 Å². The van der Waals surface area contributed by atoms with Crippen molar-refractivity contribution in [2.45, 2.75) is 38.4 Å². The van der Waals surface area contributed by atoms with Crippen molar-refractivity contribution in [1.82, 2.24) is 10.2 Å². The number of hydrogen-bond donors (Lipinski definition) is 2. The number of rotatable bonds is 4. The molecule has 0 radical (unpaired) electrons. The lowest BCUT2D eigenvalue weighted by molar-refractivity contribution is 0.0922. The minimum absolute atomic E-state index is 0. The molecule has 2 aliphatic rings. The molecule has 2 aliphatic heterocycles. The van der Waals surface area contributed by atoms with E-state index >= 15 is 0 Å².